The van der Waals surface area contributed by atoms with Gasteiger partial charge in [0.1, 0.15) is 18.9 Å². The average molecular weight is 285 g/mol. The van der Waals surface area contributed by atoms with E-state index in [0.717, 1.165) is 29.8 Å². The van der Waals surface area contributed by atoms with Gasteiger partial charge in [-0.05, 0) is 11.6 Å². The van der Waals surface area contributed by atoms with Gasteiger partial charge in [0.15, 0.2) is 6.10 Å². The predicted octanol–water partition coefficient (Wildman–Crippen LogP) is 2.08. The zero-order valence-corrected chi connectivity index (χ0v) is 11.7. The summed E-state index contributed by atoms with van der Waals surface area (Å²) >= 11 is 0. The molecule has 1 aliphatic heterocycles. The molecule has 0 amide bonds. The second kappa shape index (κ2) is 6.50. The van der Waals surface area contributed by atoms with Crippen LogP contribution >= 0.6 is 0 Å². The predicted molar refractivity (Wildman–Crippen MR) is 79.4 cm³/mol. The standard InChI is InChI=1S/C17H17FN2O/c18-16-9-5-4-8-14(16)11-19-12-15-10-17(20-21-15)13-6-2-1-3-7-13/h1-9,15,19H,10-12H2/p+1/t15-/m0/s1. The number of benzene rings is 2. The summed E-state index contributed by atoms with van der Waals surface area (Å²) in [6, 6.07) is 16.9. The van der Waals surface area contributed by atoms with E-state index in [1.54, 1.807) is 6.07 Å². The van der Waals surface area contributed by atoms with Crippen molar-refractivity contribution >= 4 is 5.71 Å². The first kappa shape index (κ1) is 13.8. The normalized spacial score (nSPS) is 17.4. The zero-order valence-electron chi connectivity index (χ0n) is 11.7. The fourth-order valence-electron chi connectivity index (χ4n) is 2.44. The van der Waals surface area contributed by atoms with Crippen LogP contribution in [0.4, 0.5) is 4.39 Å². The topological polar surface area (TPSA) is 38.2 Å². The largest absolute Gasteiger partial charge is 0.386 e. The first-order valence-corrected chi connectivity index (χ1v) is 7.16. The summed E-state index contributed by atoms with van der Waals surface area (Å²) in [5, 5.41) is 6.22. The van der Waals surface area contributed by atoms with Gasteiger partial charge in [0, 0.05) is 12.0 Å². The third kappa shape index (κ3) is 3.47. The van der Waals surface area contributed by atoms with Crippen LogP contribution in [0.1, 0.15) is 17.5 Å². The highest BCUT2D eigenvalue weighted by molar-refractivity contribution is 6.01. The second-order valence-corrected chi connectivity index (χ2v) is 5.16. The molecular formula is C17H18FN2O+. The quantitative estimate of drug-likeness (QED) is 0.897. The van der Waals surface area contributed by atoms with Gasteiger partial charge < -0.3 is 10.2 Å². The molecule has 1 heterocycles. The van der Waals surface area contributed by atoms with Gasteiger partial charge in [-0.1, -0.05) is 53.7 Å². The highest BCUT2D eigenvalue weighted by atomic mass is 19.1. The Morgan fingerprint density at radius 3 is 2.67 bits per heavy atom. The Morgan fingerprint density at radius 2 is 1.86 bits per heavy atom. The molecule has 0 saturated carbocycles. The van der Waals surface area contributed by atoms with Crippen LogP contribution in [0.2, 0.25) is 0 Å². The van der Waals surface area contributed by atoms with Gasteiger partial charge >= 0.3 is 0 Å². The number of hydrogen-bond acceptors (Lipinski definition) is 2. The molecule has 108 valence electrons. The molecule has 0 fully saturated rings. The van der Waals surface area contributed by atoms with Gasteiger partial charge in [0.2, 0.25) is 0 Å². The van der Waals surface area contributed by atoms with E-state index in [2.05, 4.69) is 10.5 Å². The summed E-state index contributed by atoms with van der Waals surface area (Å²) < 4.78 is 13.5. The molecule has 2 aromatic rings. The van der Waals surface area contributed by atoms with Crippen LogP contribution in [-0.4, -0.2) is 18.4 Å². The molecule has 21 heavy (non-hydrogen) atoms. The Hall–Kier alpha value is -2.20. The van der Waals surface area contributed by atoms with E-state index in [1.807, 2.05) is 42.5 Å². The molecule has 3 rings (SSSR count). The van der Waals surface area contributed by atoms with Crippen molar-refractivity contribution in [3.63, 3.8) is 0 Å². The van der Waals surface area contributed by atoms with Gasteiger partial charge in [-0.2, -0.15) is 0 Å². The van der Waals surface area contributed by atoms with Crippen LogP contribution in [0.15, 0.2) is 59.8 Å². The van der Waals surface area contributed by atoms with Crippen molar-refractivity contribution in [1.82, 2.24) is 0 Å². The molecule has 0 radical (unpaired) electrons. The van der Waals surface area contributed by atoms with Crippen molar-refractivity contribution in [1.29, 1.82) is 0 Å². The van der Waals surface area contributed by atoms with Crippen LogP contribution in [0.25, 0.3) is 0 Å². The van der Waals surface area contributed by atoms with Crippen LogP contribution in [0.3, 0.4) is 0 Å². The van der Waals surface area contributed by atoms with Crippen LogP contribution in [0, 0.1) is 5.82 Å². The first-order valence-electron chi connectivity index (χ1n) is 7.16. The number of quaternary nitrogens is 1. The molecule has 0 aromatic heterocycles. The van der Waals surface area contributed by atoms with Crippen LogP contribution in [-0.2, 0) is 11.4 Å². The van der Waals surface area contributed by atoms with E-state index in [1.165, 1.54) is 6.07 Å². The molecule has 1 atom stereocenters. The van der Waals surface area contributed by atoms with Gasteiger partial charge in [-0.15, -0.1) is 0 Å². The SMILES string of the molecule is Fc1ccccc1C[NH2+]C[C@@H]1CC(c2ccccc2)=NO1. The van der Waals surface area contributed by atoms with Crippen molar-refractivity contribution in [3.8, 4) is 0 Å². The molecule has 3 nitrogen and oxygen atoms in total. The van der Waals surface area contributed by atoms with E-state index in [-0.39, 0.29) is 11.9 Å². The summed E-state index contributed by atoms with van der Waals surface area (Å²) in [6.45, 7) is 1.39. The Labute approximate surface area is 123 Å². The molecule has 2 N–H and O–H groups in total. The van der Waals surface area contributed by atoms with E-state index >= 15 is 0 Å². The molecule has 4 heteroatoms. The third-order valence-corrected chi connectivity index (χ3v) is 3.59. The Bertz CT molecular complexity index is 628. The third-order valence-electron chi connectivity index (χ3n) is 3.59. The minimum absolute atomic E-state index is 0.0620. The first-order chi connectivity index (χ1) is 10.3. The van der Waals surface area contributed by atoms with Gasteiger partial charge in [-0.25, -0.2) is 4.39 Å². The molecular weight excluding hydrogens is 267 g/mol. The van der Waals surface area contributed by atoms with Crippen molar-refractivity contribution < 1.29 is 14.5 Å². The number of nitrogens with zero attached hydrogens (tertiary/aromatic N) is 1. The Balaban J connectivity index is 1.48. The van der Waals surface area contributed by atoms with Gasteiger partial charge in [0.25, 0.3) is 0 Å². The van der Waals surface area contributed by atoms with Gasteiger partial charge in [0.05, 0.1) is 5.71 Å². The Morgan fingerprint density at radius 1 is 1.10 bits per heavy atom. The van der Waals surface area contributed by atoms with E-state index < -0.39 is 0 Å². The van der Waals surface area contributed by atoms with Crippen LogP contribution in [0.5, 0.6) is 0 Å². The zero-order chi connectivity index (χ0) is 14.5. The average Bonchev–Trinajstić information content (AvgIpc) is 2.99. The monoisotopic (exact) mass is 285 g/mol. The molecule has 0 bridgehead atoms. The minimum atomic E-state index is -0.151. The highest BCUT2D eigenvalue weighted by Crippen LogP contribution is 2.15. The minimum Gasteiger partial charge on any atom is -0.386 e. The van der Waals surface area contributed by atoms with Crippen molar-refractivity contribution in [2.75, 3.05) is 6.54 Å². The van der Waals surface area contributed by atoms with E-state index in [4.69, 9.17) is 4.84 Å². The van der Waals surface area contributed by atoms with Crippen molar-refractivity contribution in [2.24, 2.45) is 5.16 Å². The Kier molecular flexibility index (Phi) is 4.26. The maximum Gasteiger partial charge on any atom is 0.181 e. The number of nitrogens with two attached hydrogens (primary N) is 1. The lowest BCUT2D eigenvalue weighted by Crippen LogP contribution is -2.84. The molecule has 0 saturated heterocycles. The van der Waals surface area contributed by atoms with Crippen molar-refractivity contribution in [3.05, 3.63) is 71.5 Å². The second-order valence-electron chi connectivity index (χ2n) is 5.16. The molecule has 0 spiro atoms. The lowest BCUT2D eigenvalue weighted by atomic mass is 10.1. The number of halogens is 1. The summed E-state index contributed by atoms with van der Waals surface area (Å²) in [5.41, 5.74) is 2.81. The maximum atomic E-state index is 13.5. The summed E-state index contributed by atoms with van der Waals surface area (Å²) in [7, 11) is 0. The fourth-order valence-corrected chi connectivity index (χ4v) is 2.44. The fraction of sp³-hybridized carbons (Fsp3) is 0.235. The summed E-state index contributed by atoms with van der Waals surface area (Å²) in [4.78, 5) is 5.45. The molecule has 2 aromatic carbocycles. The number of hydrogen-bond donors (Lipinski definition) is 1. The molecule has 0 aliphatic carbocycles. The summed E-state index contributed by atoms with van der Waals surface area (Å²) in [5.74, 6) is -0.151. The lowest BCUT2D eigenvalue weighted by Gasteiger charge is -2.07. The van der Waals surface area contributed by atoms with E-state index in [9.17, 15) is 4.39 Å². The number of rotatable bonds is 5. The van der Waals surface area contributed by atoms with Crippen molar-refractivity contribution in [2.45, 2.75) is 19.1 Å². The maximum absolute atomic E-state index is 13.5. The summed E-state index contributed by atoms with van der Waals surface area (Å²) in [6.07, 6.45) is 0.865. The smallest absolute Gasteiger partial charge is 0.181 e. The van der Waals surface area contributed by atoms with Gasteiger partial charge in [-0.3, -0.25) is 0 Å². The lowest BCUT2D eigenvalue weighted by molar-refractivity contribution is -0.676. The molecule has 0 unspecified atom stereocenters. The number of oxime groups is 1. The molecule has 1 aliphatic rings. The highest BCUT2D eigenvalue weighted by Gasteiger charge is 2.23. The van der Waals surface area contributed by atoms with Crippen LogP contribution < -0.4 is 5.32 Å². The van der Waals surface area contributed by atoms with E-state index in [0.29, 0.717) is 6.54 Å².